The molecule has 1 aromatic rings. The molecule has 0 spiro atoms. The number of hydrogen-bond donors (Lipinski definition) is 5. The maximum Gasteiger partial charge on any atom is 0.410 e. The van der Waals surface area contributed by atoms with Crippen molar-refractivity contribution >= 4 is 23.7 Å². The van der Waals surface area contributed by atoms with E-state index in [2.05, 4.69) is 72.0 Å². The highest BCUT2D eigenvalue weighted by molar-refractivity contribution is 7.99. The third-order valence-electron chi connectivity index (χ3n) is 9.50. The van der Waals surface area contributed by atoms with E-state index in [1.807, 2.05) is 19.2 Å². The molecule has 2 aliphatic carbocycles. The third-order valence-corrected chi connectivity index (χ3v) is 10.2. The third kappa shape index (κ3) is 9.25. The molecule has 4 rings (SSSR count). The number of anilines is 1. The maximum atomic E-state index is 10.7. The molecular formula is C31H59N9OS+2. The second-order valence-corrected chi connectivity index (χ2v) is 14.5. The van der Waals surface area contributed by atoms with Gasteiger partial charge in [0, 0.05) is 25.6 Å². The lowest BCUT2D eigenvalue weighted by atomic mass is 9.93. The minimum absolute atomic E-state index is 0.0188. The molecular weight excluding hydrogens is 546 g/mol. The predicted molar refractivity (Wildman–Crippen MR) is 175 cm³/mol. The lowest BCUT2D eigenvalue weighted by Crippen LogP contribution is -2.62. The Morgan fingerprint density at radius 1 is 1.19 bits per heavy atom. The first-order valence-electron chi connectivity index (χ1n) is 16.2. The van der Waals surface area contributed by atoms with Gasteiger partial charge in [-0.15, -0.1) is 11.8 Å². The fourth-order valence-corrected chi connectivity index (χ4v) is 7.18. The van der Waals surface area contributed by atoms with Gasteiger partial charge in [0.1, 0.15) is 19.3 Å². The van der Waals surface area contributed by atoms with Crippen molar-refractivity contribution in [1.29, 1.82) is 0 Å². The Morgan fingerprint density at radius 2 is 1.95 bits per heavy atom. The van der Waals surface area contributed by atoms with E-state index >= 15 is 0 Å². The van der Waals surface area contributed by atoms with Gasteiger partial charge in [0.15, 0.2) is 5.50 Å². The van der Waals surface area contributed by atoms with Gasteiger partial charge < -0.3 is 15.7 Å². The number of thioether (sulfide) groups is 1. The van der Waals surface area contributed by atoms with Crippen LogP contribution in [0.15, 0.2) is 12.3 Å². The molecule has 1 saturated heterocycles. The Bertz CT molecular complexity index is 1020. The molecule has 6 unspecified atom stereocenters. The number of rotatable bonds is 15. The molecule has 0 aromatic carbocycles. The summed E-state index contributed by atoms with van der Waals surface area (Å²) in [6.45, 7) is 12.5. The average Bonchev–Trinajstić information content (AvgIpc) is 3.74. The summed E-state index contributed by atoms with van der Waals surface area (Å²) in [6, 6.07) is 0.391. The Morgan fingerprint density at radius 3 is 2.64 bits per heavy atom. The highest BCUT2D eigenvalue weighted by atomic mass is 32.2. The van der Waals surface area contributed by atoms with Gasteiger partial charge in [0.2, 0.25) is 5.82 Å². The lowest BCUT2D eigenvalue weighted by molar-refractivity contribution is -0.656. The molecule has 3 aliphatic rings. The molecule has 0 radical (unpaired) electrons. The van der Waals surface area contributed by atoms with E-state index in [1.165, 1.54) is 12.8 Å². The minimum atomic E-state index is -0.439. The number of allylic oxidation sites excluding steroid dienone is 1. The average molecular weight is 606 g/mol. The maximum absolute atomic E-state index is 10.7. The predicted octanol–water partition coefficient (Wildman–Crippen LogP) is 2.26. The van der Waals surface area contributed by atoms with Crippen molar-refractivity contribution in [2.24, 2.45) is 30.7 Å². The van der Waals surface area contributed by atoms with Gasteiger partial charge in [-0.1, -0.05) is 29.9 Å². The summed E-state index contributed by atoms with van der Waals surface area (Å²) in [5, 5.41) is 24.8. The molecule has 238 valence electrons. The number of aliphatic hydroxyl groups excluding tert-OH is 1. The monoisotopic (exact) mass is 605 g/mol. The number of aliphatic hydroxyl groups is 1. The largest absolute Gasteiger partial charge is 0.410 e. The van der Waals surface area contributed by atoms with Crippen LogP contribution in [0.1, 0.15) is 58.7 Å². The van der Waals surface area contributed by atoms with Crippen LogP contribution in [0.3, 0.4) is 0 Å². The summed E-state index contributed by atoms with van der Waals surface area (Å²) in [5.41, 5.74) is 0.0188. The Balaban J connectivity index is 1.46. The molecule has 2 heterocycles. The molecule has 6 atom stereocenters. The number of hydrogen-bond acceptors (Lipinski definition) is 9. The molecule has 0 amide bonds. The molecule has 5 N–H and O–H groups in total. The van der Waals surface area contributed by atoms with Crippen LogP contribution in [0.4, 0.5) is 11.9 Å². The minimum Gasteiger partial charge on any atom is -0.379 e. The van der Waals surface area contributed by atoms with Crippen LogP contribution in [0, 0.1) is 23.7 Å². The number of aromatic nitrogens is 3. The van der Waals surface area contributed by atoms with E-state index in [9.17, 15) is 5.11 Å². The second-order valence-electron chi connectivity index (χ2n) is 13.6. The van der Waals surface area contributed by atoms with Gasteiger partial charge in [-0.2, -0.15) is 4.57 Å². The summed E-state index contributed by atoms with van der Waals surface area (Å²) in [6.07, 6.45) is 12.1. The molecule has 1 aromatic heterocycles. The van der Waals surface area contributed by atoms with Crippen molar-refractivity contribution in [3.05, 3.63) is 18.1 Å². The fraction of sp³-hybridized carbons (Fsp3) is 0.839. The highest BCUT2D eigenvalue weighted by Crippen LogP contribution is 2.52. The lowest BCUT2D eigenvalue weighted by Gasteiger charge is -2.37. The van der Waals surface area contributed by atoms with E-state index in [4.69, 9.17) is 9.97 Å². The molecule has 0 bridgehead atoms. The topological polar surface area (TPSA) is 101 Å². The quantitative estimate of drug-likeness (QED) is 0.0892. The molecule has 1 aliphatic heterocycles. The molecule has 11 heteroatoms. The number of quaternary nitrogens is 1. The van der Waals surface area contributed by atoms with Crippen LogP contribution in [0.2, 0.25) is 0 Å². The van der Waals surface area contributed by atoms with E-state index in [1.54, 1.807) is 11.8 Å². The molecule has 2 saturated carbocycles. The van der Waals surface area contributed by atoms with Crippen molar-refractivity contribution in [3.63, 3.8) is 0 Å². The van der Waals surface area contributed by atoms with Gasteiger partial charge in [-0.25, -0.2) is 4.48 Å². The van der Waals surface area contributed by atoms with Crippen molar-refractivity contribution < 1.29 is 9.67 Å². The van der Waals surface area contributed by atoms with Crippen molar-refractivity contribution in [3.8, 4) is 0 Å². The van der Waals surface area contributed by atoms with E-state index in [0.717, 1.165) is 99.0 Å². The van der Waals surface area contributed by atoms with Crippen LogP contribution in [0.5, 0.6) is 0 Å². The summed E-state index contributed by atoms with van der Waals surface area (Å²) in [4.78, 5) is 12.9. The van der Waals surface area contributed by atoms with E-state index in [-0.39, 0.29) is 5.50 Å². The van der Waals surface area contributed by atoms with Gasteiger partial charge in [-0.05, 0) is 95.3 Å². The van der Waals surface area contributed by atoms with Crippen molar-refractivity contribution in [1.82, 2.24) is 35.3 Å². The Kier molecular flexibility index (Phi) is 12.3. The first kappa shape index (κ1) is 33.4. The number of likely N-dealkylation sites (N-methyl/N-ethyl adjacent to an activating group) is 2. The zero-order chi connectivity index (χ0) is 30.3. The number of piperazine rings is 1. The standard InChI is InChI=1S/C31H58N9OS/c1-8-12-33-30(42-7)37-29-35-27(36-31(39(29)5)40(6)16-14-38(4)15-17-40)20-23-9-10-25(18-24-19-26(23)24)34-28(41)11-13-32-21-22(2)3/h8,12,22-26,28,30,32-34,41H,9-11,13-21H2,1-7H3/q+1/p+1. The van der Waals surface area contributed by atoms with Gasteiger partial charge in [0.05, 0.1) is 14.1 Å². The summed E-state index contributed by atoms with van der Waals surface area (Å²) >= 11 is 1.73. The molecule has 42 heavy (non-hydrogen) atoms. The Hall–Kier alpha value is -1.50. The van der Waals surface area contributed by atoms with Crippen molar-refractivity contribution in [2.45, 2.75) is 77.1 Å². The van der Waals surface area contributed by atoms with E-state index in [0.29, 0.717) is 17.9 Å². The summed E-state index contributed by atoms with van der Waals surface area (Å²) in [7, 11) is 6.65. The van der Waals surface area contributed by atoms with Gasteiger partial charge >= 0.3 is 11.9 Å². The van der Waals surface area contributed by atoms with Crippen LogP contribution in [0.25, 0.3) is 0 Å². The number of nitrogens with zero attached hydrogens (tertiary/aromatic N) is 5. The summed E-state index contributed by atoms with van der Waals surface area (Å²) < 4.78 is 3.00. The molecule has 10 nitrogen and oxygen atoms in total. The SMILES string of the molecule is CC=CNC(Nc1nc(CC2CCC(NC(O)CCNCC(C)C)CC3CC23)nc([N+]2(C)CCN(C)CC2)[n+]1C)SC. The van der Waals surface area contributed by atoms with Gasteiger partial charge in [-0.3, -0.25) is 15.5 Å². The first-order chi connectivity index (χ1) is 20.1. The zero-order valence-corrected chi connectivity index (χ0v) is 28.1. The Labute approximate surface area is 259 Å². The van der Waals surface area contributed by atoms with E-state index < -0.39 is 6.23 Å². The smallest absolute Gasteiger partial charge is 0.379 e. The molecule has 3 fully saturated rings. The highest BCUT2D eigenvalue weighted by Gasteiger charge is 2.47. The number of nitrogens with one attached hydrogen (secondary N) is 4. The summed E-state index contributed by atoms with van der Waals surface area (Å²) in [5.74, 6) is 5.67. The van der Waals surface area contributed by atoms with Gasteiger partial charge in [0.25, 0.3) is 0 Å². The zero-order valence-electron chi connectivity index (χ0n) is 27.3. The van der Waals surface area contributed by atoms with Crippen LogP contribution in [-0.4, -0.2) is 97.4 Å². The van der Waals surface area contributed by atoms with Crippen molar-refractivity contribution in [2.75, 3.05) is 64.9 Å². The van der Waals surface area contributed by atoms with Crippen LogP contribution in [-0.2, 0) is 13.5 Å². The first-order valence-corrected chi connectivity index (χ1v) is 17.5. The van der Waals surface area contributed by atoms with Crippen LogP contribution >= 0.6 is 11.8 Å². The number of fused-ring (bicyclic) bond motifs is 1. The fourth-order valence-electron chi connectivity index (χ4n) is 6.74. The normalized spacial score (nSPS) is 27.5. The second kappa shape index (κ2) is 15.5. The van der Waals surface area contributed by atoms with Crippen LogP contribution < -0.4 is 30.3 Å².